The summed E-state index contributed by atoms with van der Waals surface area (Å²) in [6.07, 6.45) is 6.20. The summed E-state index contributed by atoms with van der Waals surface area (Å²) in [5, 5.41) is 13.8. The van der Waals surface area contributed by atoms with Gasteiger partial charge in [0.15, 0.2) is 0 Å². The van der Waals surface area contributed by atoms with E-state index in [0.717, 1.165) is 38.4 Å². The van der Waals surface area contributed by atoms with E-state index in [1.807, 2.05) is 12.1 Å². The van der Waals surface area contributed by atoms with Crippen molar-refractivity contribution in [3.8, 4) is 0 Å². The Morgan fingerprint density at radius 1 is 1.04 bits per heavy atom. The van der Waals surface area contributed by atoms with E-state index in [0.29, 0.717) is 12.6 Å². The molecule has 24 heavy (non-hydrogen) atoms. The quantitative estimate of drug-likeness (QED) is 0.836. The molecule has 1 aromatic carbocycles. The summed E-state index contributed by atoms with van der Waals surface area (Å²) in [7, 11) is 0. The summed E-state index contributed by atoms with van der Waals surface area (Å²) in [5.41, 5.74) is 1.08. The molecule has 1 aliphatic carbocycles. The van der Waals surface area contributed by atoms with Crippen molar-refractivity contribution in [1.82, 2.24) is 10.2 Å². The van der Waals surface area contributed by atoms with E-state index in [4.69, 9.17) is 0 Å². The smallest absolute Gasteiger partial charge is 0.123 e. The van der Waals surface area contributed by atoms with Gasteiger partial charge in [-0.1, -0.05) is 19.3 Å². The van der Waals surface area contributed by atoms with Crippen LogP contribution in [0.15, 0.2) is 24.3 Å². The predicted molar refractivity (Wildman–Crippen MR) is 95.9 cm³/mol. The zero-order valence-electron chi connectivity index (χ0n) is 14.5. The van der Waals surface area contributed by atoms with Gasteiger partial charge < -0.3 is 15.3 Å². The number of halogens is 1. The van der Waals surface area contributed by atoms with Crippen molar-refractivity contribution in [2.45, 2.75) is 44.2 Å². The van der Waals surface area contributed by atoms with E-state index in [1.165, 1.54) is 44.2 Å². The highest BCUT2D eigenvalue weighted by molar-refractivity contribution is 5.46. The number of nitrogens with zero attached hydrogens (tertiary/aromatic N) is 2. The zero-order chi connectivity index (χ0) is 16.8. The number of aliphatic hydroxyl groups excluding tert-OH is 1. The van der Waals surface area contributed by atoms with Gasteiger partial charge in [-0.3, -0.25) is 4.90 Å². The van der Waals surface area contributed by atoms with Gasteiger partial charge in [-0.2, -0.15) is 0 Å². The fourth-order valence-corrected chi connectivity index (χ4v) is 3.81. The number of nitrogens with one attached hydrogen (secondary N) is 1. The lowest BCUT2D eigenvalue weighted by atomic mass is 9.95. The highest BCUT2D eigenvalue weighted by Crippen LogP contribution is 2.18. The van der Waals surface area contributed by atoms with Gasteiger partial charge in [0.25, 0.3) is 0 Å². The SMILES string of the molecule is OC(CNC1CCCCC1)CN1CCN(c2ccc(F)cc2)CC1. The van der Waals surface area contributed by atoms with Gasteiger partial charge in [0.1, 0.15) is 5.82 Å². The van der Waals surface area contributed by atoms with Crippen LogP contribution in [-0.4, -0.2) is 61.4 Å². The second kappa shape index (κ2) is 8.79. The molecule has 3 rings (SSSR count). The third-order valence-corrected chi connectivity index (χ3v) is 5.28. The molecule has 134 valence electrons. The molecule has 1 aromatic rings. The molecular formula is C19H30FN3O. The molecule has 0 aromatic heterocycles. The summed E-state index contributed by atoms with van der Waals surface area (Å²) in [6.45, 7) is 5.17. The van der Waals surface area contributed by atoms with Gasteiger partial charge in [-0.15, -0.1) is 0 Å². The molecule has 0 bridgehead atoms. The Labute approximate surface area is 144 Å². The highest BCUT2D eigenvalue weighted by Gasteiger charge is 2.20. The van der Waals surface area contributed by atoms with Gasteiger partial charge in [0.05, 0.1) is 6.10 Å². The Bertz CT molecular complexity index is 482. The molecule has 4 nitrogen and oxygen atoms in total. The largest absolute Gasteiger partial charge is 0.390 e. The van der Waals surface area contributed by atoms with E-state index in [2.05, 4.69) is 15.1 Å². The van der Waals surface area contributed by atoms with Crippen molar-refractivity contribution in [3.05, 3.63) is 30.1 Å². The van der Waals surface area contributed by atoms with E-state index >= 15 is 0 Å². The van der Waals surface area contributed by atoms with Crippen LogP contribution in [0.1, 0.15) is 32.1 Å². The maximum Gasteiger partial charge on any atom is 0.123 e. The van der Waals surface area contributed by atoms with Crippen LogP contribution in [0.2, 0.25) is 0 Å². The van der Waals surface area contributed by atoms with Crippen LogP contribution in [0.25, 0.3) is 0 Å². The molecule has 5 heteroatoms. The first-order valence-electron chi connectivity index (χ1n) is 9.35. The van der Waals surface area contributed by atoms with Crippen molar-refractivity contribution in [3.63, 3.8) is 0 Å². The first kappa shape index (κ1) is 17.6. The average Bonchev–Trinajstić information content (AvgIpc) is 2.62. The lowest BCUT2D eigenvalue weighted by molar-refractivity contribution is 0.103. The van der Waals surface area contributed by atoms with Crippen LogP contribution in [0.5, 0.6) is 0 Å². The number of β-amino-alcohol motifs (C(OH)–C–C–N with tert-alkyl or cyclic N) is 1. The number of piperazine rings is 1. The van der Waals surface area contributed by atoms with E-state index in [9.17, 15) is 9.50 Å². The second-order valence-electron chi connectivity index (χ2n) is 7.16. The average molecular weight is 335 g/mol. The third kappa shape index (κ3) is 5.16. The second-order valence-corrected chi connectivity index (χ2v) is 7.16. The number of aliphatic hydroxyl groups is 1. The van der Waals surface area contributed by atoms with Crippen LogP contribution in [0.3, 0.4) is 0 Å². The number of anilines is 1. The standard InChI is InChI=1S/C19H30FN3O/c20-16-6-8-18(9-7-16)23-12-10-22(11-13-23)15-19(24)14-21-17-4-2-1-3-5-17/h6-9,17,19,21,24H,1-5,10-15H2. The molecule has 1 saturated heterocycles. The van der Waals surface area contributed by atoms with Gasteiger partial charge in [-0.05, 0) is 37.1 Å². The molecule has 1 aliphatic heterocycles. The topological polar surface area (TPSA) is 38.7 Å². The maximum atomic E-state index is 13.0. The molecule has 1 unspecified atom stereocenters. The minimum absolute atomic E-state index is 0.189. The fourth-order valence-electron chi connectivity index (χ4n) is 3.81. The summed E-state index contributed by atoms with van der Waals surface area (Å²) >= 11 is 0. The molecule has 2 N–H and O–H groups in total. The minimum atomic E-state index is -0.302. The molecule has 0 amide bonds. The first-order valence-corrected chi connectivity index (χ1v) is 9.35. The van der Waals surface area contributed by atoms with Crippen LogP contribution in [-0.2, 0) is 0 Å². The summed E-state index contributed by atoms with van der Waals surface area (Å²) in [6, 6.07) is 7.32. The van der Waals surface area contributed by atoms with Crippen molar-refractivity contribution >= 4 is 5.69 Å². The van der Waals surface area contributed by atoms with Crippen LogP contribution >= 0.6 is 0 Å². The number of benzene rings is 1. The monoisotopic (exact) mass is 335 g/mol. The fraction of sp³-hybridized carbons (Fsp3) is 0.684. The minimum Gasteiger partial charge on any atom is -0.390 e. The highest BCUT2D eigenvalue weighted by atomic mass is 19.1. The van der Waals surface area contributed by atoms with E-state index in [1.54, 1.807) is 0 Å². The van der Waals surface area contributed by atoms with Crippen molar-refractivity contribution in [2.24, 2.45) is 0 Å². The van der Waals surface area contributed by atoms with E-state index < -0.39 is 0 Å². The Kier molecular flexibility index (Phi) is 6.46. The number of hydrogen-bond acceptors (Lipinski definition) is 4. The summed E-state index contributed by atoms with van der Waals surface area (Å²) in [4.78, 5) is 4.61. The van der Waals surface area contributed by atoms with Gasteiger partial charge >= 0.3 is 0 Å². The number of rotatable bonds is 6. The lowest BCUT2D eigenvalue weighted by Gasteiger charge is -2.37. The Morgan fingerprint density at radius 3 is 2.38 bits per heavy atom. The van der Waals surface area contributed by atoms with Gasteiger partial charge in [0.2, 0.25) is 0 Å². The molecular weight excluding hydrogens is 305 g/mol. The Hall–Kier alpha value is -1.17. The first-order chi connectivity index (χ1) is 11.7. The normalized spacial score (nSPS) is 21.8. The molecule has 2 fully saturated rings. The van der Waals surface area contributed by atoms with Crippen LogP contribution < -0.4 is 10.2 Å². The molecule has 0 spiro atoms. The van der Waals surface area contributed by atoms with Gasteiger partial charge in [-0.25, -0.2) is 4.39 Å². The Balaban J connectivity index is 1.36. The van der Waals surface area contributed by atoms with Crippen LogP contribution in [0.4, 0.5) is 10.1 Å². The van der Waals surface area contributed by atoms with Crippen molar-refractivity contribution in [1.29, 1.82) is 0 Å². The zero-order valence-corrected chi connectivity index (χ0v) is 14.5. The molecule has 0 radical (unpaired) electrons. The molecule has 1 atom stereocenters. The molecule has 1 heterocycles. The van der Waals surface area contributed by atoms with Crippen LogP contribution in [0, 0.1) is 5.82 Å². The maximum absolute atomic E-state index is 13.0. The van der Waals surface area contributed by atoms with Gasteiger partial charge in [0, 0.05) is 51.0 Å². The predicted octanol–water partition coefficient (Wildman–Crippen LogP) is 2.23. The Morgan fingerprint density at radius 2 is 1.71 bits per heavy atom. The summed E-state index contributed by atoms with van der Waals surface area (Å²) in [5.74, 6) is -0.189. The van der Waals surface area contributed by atoms with E-state index in [-0.39, 0.29) is 11.9 Å². The third-order valence-electron chi connectivity index (χ3n) is 5.28. The van der Waals surface area contributed by atoms with Crippen molar-refractivity contribution < 1.29 is 9.50 Å². The van der Waals surface area contributed by atoms with Crippen molar-refractivity contribution in [2.75, 3.05) is 44.2 Å². The molecule has 1 saturated carbocycles. The summed E-state index contributed by atoms with van der Waals surface area (Å²) < 4.78 is 13.0. The molecule has 2 aliphatic rings. The lowest BCUT2D eigenvalue weighted by Crippen LogP contribution is -2.50. The number of hydrogen-bond donors (Lipinski definition) is 2.